The van der Waals surface area contributed by atoms with Gasteiger partial charge in [-0.25, -0.2) is 8.42 Å². The van der Waals surface area contributed by atoms with Crippen LogP contribution in [-0.2, 0) is 19.6 Å². The minimum absolute atomic E-state index is 0.143. The first kappa shape index (κ1) is 24.6. The monoisotopic (exact) mass is 507 g/mol. The van der Waals surface area contributed by atoms with Gasteiger partial charge in [-0.3, -0.25) is 9.59 Å². The molecule has 2 aliphatic heterocycles. The van der Waals surface area contributed by atoms with E-state index in [1.807, 2.05) is 19.1 Å². The van der Waals surface area contributed by atoms with Gasteiger partial charge in [0.2, 0.25) is 5.91 Å². The molecule has 2 aliphatic rings. The fourth-order valence-electron chi connectivity index (χ4n) is 4.15. The zero-order chi connectivity index (χ0) is 24.3. The van der Waals surface area contributed by atoms with Crippen LogP contribution in [-0.4, -0.2) is 75.9 Å². The van der Waals surface area contributed by atoms with Crippen LogP contribution in [0.3, 0.4) is 0 Å². The van der Waals surface area contributed by atoms with Crippen molar-refractivity contribution < 1.29 is 27.5 Å². The molecule has 0 atom stereocenters. The molecule has 2 amide bonds. The first-order valence-corrected chi connectivity index (χ1v) is 13.5. The third-order valence-electron chi connectivity index (χ3n) is 6.15. The maximum absolute atomic E-state index is 13.2. The van der Waals surface area contributed by atoms with Gasteiger partial charge in [-0.2, -0.15) is 4.31 Å². The molecule has 1 aromatic carbocycles. The Morgan fingerprint density at radius 2 is 1.82 bits per heavy atom. The van der Waals surface area contributed by atoms with Gasteiger partial charge in [0.1, 0.15) is 9.96 Å². The molecule has 34 heavy (non-hydrogen) atoms. The van der Waals surface area contributed by atoms with Gasteiger partial charge in [-0.15, -0.1) is 11.3 Å². The number of hydrogen-bond acceptors (Lipinski definition) is 7. The van der Waals surface area contributed by atoms with Crippen LogP contribution >= 0.6 is 11.3 Å². The molecule has 0 saturated carbocycles. The molecule has 0 spiro atoms. The maximum Gasteiger partial charge on any atom is 0.254 e. The molecule has 11 heteroatoms. The van der Waals surface area contributed by atoms with Crippen LogP contribution in [0.2, 0.25) is 0 Å². The molecule has 4 rings (SSSR count). The highest BCUT2D eigenvalue weighted by atomic mass is 32.2. The second-order valence-corrected chi connectivity index (χ2v) is 11.5. The van der Waals surface area contributed by atoms with E-state index >= 15 is 0 Å². The van der Waals surface area contributed by atoms with E-state index in [0.717, 1.165) is 16.9 Å². The SMILES string of the molecule is COc1ccc(C)cc1NC(=O)C1CCN(S(=O)(=O)c2cc(C(=O)N3CCOCC3)cs2)CC1. The Kier molecular flexibility index (Phi) is 7.56. The average molecular weight is 508 g/mol. The van der Waals surface area contributed by atoms with Crippen molar-refractivity contribution in [2.45, 2.75) is 24.0 Å². The minimum atomic E-state index is -3.73. The highest BCUT2D eigenvalue weighted by Gasteiger charge is 2.34. The fourth-order valence-corrected chi connectivity index (χ4v) is 6.93. The molecular weight excluding hydrogens is 478 g/mol. The van der Waals surface area contributed by atoms with Crippen LogP contribution in [0.4, 0.5) is 5.69 Å². The second kappa shape index (κ2) is 10.4. The molecule has 0 radical (unpaired) electrons. The molecule has 0 unspecified atom stereocenters. The predicted octanol–water partition coefficient (Wildman–Crippen LogP) is 2.58. The number of sulfonamides is 1. The predicted molar refractivity (Wildman–Crippen MR) is 129 cm³/mol. The number of aryl methyl sites for hydroxylation is 1. The van der Waals surface area contributed by atoms with Gasteiger partial charge >= 0.3 is 0 Å². The third kappa shape index (κ3) is 5.27. The molecule has 184 valence electrons. The number of hydrogen-bond donors (Lipinski definition) is 1. The summed E-state index contributed by atoms with van der Waals surface area (Å²) in [6.07, 6.45) is 0.842. The first-order chi connectivity index (χ1) is 16.3. The minimum Gasteiger partial charge on any atom is -0.495 e. The Balaban J connectivity index is 1.37. The Bertz CT molecular complexity index is 1150. The number of morpholine rings is 1. The molecule has 9 nitrogen and oxygen atoms in total. The smallest absolute Gasteiger partial charge is 0.254 e. The summed E-state index contributed by atoms with van der Waals surface area (Å²) in [4.78, 5) is 27.2. The molecule has 0 bridgehead atoms. The highest BCUT2D eigenvalue weighted by Crippen LogP contribution is 2.30. The highest BCUT2D eigenvalue weighted by molar-refractivity contribution is 7.91. The second-order valence-electron chi connectivity index (χ2n) is 8.43. The number of benzene rings is 1. The number of methoxy groups -OCH3 is 1. The van der Waals surface area contributed by atoms with E-state index in [1.54, 1.807) is 23.5 Å². The average Bonchev–Trinajstić information content (AvgIpc) is 3.36. The number of carbonyl (C=O) groups excluding carboxylic acids is 2. The van der Waals surface area contributed by atoms with Crippen LogP contribution in [0.25, 0.3) is 0 Å². The quantitative estimate of drug-likeness (QED) is 0.644. The van der Waals surface area contributed by atoms with Crippen LogP contribution in [0.15, 0.2) is 33.9 Å². The number of carbonyl (C=O) groups is 2. The summed E-state index contributed by atoms with van der Waals surface area (Å²) in [6, 6.07) is 7.02. The summed E-state index contributed by atoms with van der Waals surface area (Å²) >= 11 is 1.06. The summed E-state index contributed by atoms with van der Waals surface area (Å²) in [5, 5.41) is 4.52. The zero-order valence-corrected chi connectivity index (χ0v) is 20.9. The standard InChI is InChI=1S/C23H29N3O6S2/c1-16-3-4-20(31-2)19(13-16)24-22(27)17-5-7-26(8-6-17)34(29,30)21-14-18(15-33-21)23(28)25-9-11-32-12-10-25/h3-4,13-15,17H,5-12H2,1-2H3,(H,24,27). The van der Waals surface area contributed by atoms with Crippen LogP contribution in [0, 0.1) is 12.8 Å². The van der Waals surface area contributed by atoms with Gasteiger partial charge in [-0.1, -0.05) is 6.07 Å². The molecule has 1 aromatic heterocycles. The summed E-state index contributed by atoms with van der Waals surface area (Å²) in [5.41, 5.74) is 1.99. The van der Waals surface area contributed by atoms with E-state index in [2.05, 4.69) is 5.32 Å². The number of nitrogens with one attached hydrogen (secondary N) is 1. The molecule has 0 aliphatic carbocycles. The Hall–Kier alpha value is -2.47. The lowest BCUT2D eigenvalue weighted by Gasteiger charge is -2.30. The summed E-state index contributed by atoms with van der Waals surface area (Å²) in [7, 11) is -2.18. The number of anilines is 1. The van der Waals surface area contributed by atoms with Crippen molar-refractivity contribution in [3.8, 4) is 5.75 Å². The number of rotatable bonds is 6. The van der Waals surface area contributed by atoms with Gasteiger partial charge in [-0.05, 0) is 43.5 Å². The van der Waals surface area contributed by atoms with E-state index in [-0.39, 0.29) is 35.0 Å². The Morgan fingerprint density at radius 3 is 2.50 bits per heavy atom. The summed E-state index contributed by atoms with van der Waals surface area (Å²) < 4.78 is 38.5. The van der Waals surface area contributed by atoms with Crippen molar-refractivity contribution >= 4 is 38.9 Å². The molecule has 1 N–H and O–H groups in total. The fraction of sp³-hybridized carbons (Fsp3) is 0.478. The van der Waals surface area contributed by atoms with E-state index in [1.165, 1.54) is 10.4 Å². The zero-order valence-electron chi connectivity index (χ0n) is 19.3. The topological polar surface area (TPSA) is 105 Å². The molecule has 2 aromatic rings. The summed E-state index contributed by atoms with van der Waals surface area (Å²) in [6.45, 7) is 4.40. The van der Waals surface area contributed by atoms with Crippen LogP contribution in [0.5, 0.6) is 5.75 Å². The summed E-state index contributed by atoms with van der Waals surface area (Å²) in [5.74, 6) is -0.0315. The van der Waals surface area contributed by atoms with Gasteiger partial charge < -0.3 is 19.7 Å². The number of ether oxygens (including phenoxy) is 2. The van der Waals surface area contributed by atoms with E-state index in [9.17, 15) is 18.0 Å². The maximum atomic E-state index is 13.2. The van der Waals surface area contributed by atoms with Crippen molar-refractivity contribution in [2.24, 2.45) is 5.92 Å². The molecule has 2 saturated heterocycles. The number of nitrogens with zero attached hydrogens (tertiary/aromatic N) is 2. The van der Waals surface area contributed by atoms with Gasteiger partial charge in [0.25, 0.3) is 15.9 Å². The first-order valence-electron chi connectivity index (χ1n) is 11.2. The van der Waals surface area contributed by atoms with Crippen molar-refractivity contribution in [3.63, 3.8) is 0 Å². The lowest BCUT2D eigenvalue weighted by atomic mass is 9.97. The normalized spacial score (nSPS) is 18.0. The molecule has 3 heterocycles. The number of piperidine rings is 1. The van der Waals surface area contributed by atoms with Crippen LogP contribution < -0.4 is 10.1 Å². The molecule has 2 fully saturated rings. The van der Waals surface area contributed by atoms with Crippen molar-refractivity contribution in [3.05, 3.63) is 40.8 Å². The van der Waals surface area contributed by atoms with E-state index in [0.29, 0.717) is 56.1 Å². The Morgan fingerprint density at radius 1 is 1.12 bits per heavy atom. The van der Waals surface area contributed by atoms with Crippen LogP contribution in [0.1, 0.15) is 28.8 Å². The number of amides is 2. The van der Waals surface area contributed by atoms with Crippen molar-refractivity contribution in [1.82, 2.24) is 9.21 Å². The molecular formula is C23H29N3O6S2. The van der Waals surface area contributed by atoms with Gasteiger partial charge in [0, 0.05) is 37.5 Å². The lowest BCUT2D eigenvalue weighted by Crippen LogP contribution is -2.41. The third-order valence-corrected chi connectivity index (χ3v) is 9.47. The van der Waals surface area contributed by atoms with Crippen molar-refractivity contribution in [2.75, 3.05) is 51.8 Å². The number of thiophene rings is 1. The van der Waals surface area contributed by atoms with Crippen molar-refractivity contribution in [1.29, 1.82) is 0 Å². The largest absolute Gasteiger partial charge is 0.495 e. The van der Waals surface area contributed by atoms with Gasteiger partial charge in [0.05, 0.1) is 31.6 Å². The Labute approximate surface area is 203 Å². The van der Waals surface area contributed by atoms with E-state index in [4.69, 9.17) is 9.47 Å². The van der Waals surface area contributed by atoms with Gasteiger partial charge in [0.15, 0.2) is 0 Å². The lowest BCUT2D eigenvalue weighted by molar-refractivity contribution is -0.120. The van der Waals surface area contributed by atoms with E-state index < -0.39 is 10.0 Å².